The molecule has 0 bridgehead atoms. The minimum atomic E-state index is -5.10. The van der Waals surface area contributed by atoms with Crippen molar-refractivity contribution in [1.82, 2.24) is 19.8 Å². The second-order valence-electron chi connectivity index (χ2n) is 6.10. The van der Waals surface area contributed by atoms with E-state index >= 15 is 0 Å². The number of amides is 1. The van der Waals surface area contributed by atoms with Gasteiger partial charge in [0.25, 0.3) is 0 Å². The summed E-state index contributed by atoms with van der Waals surface area (Å²) in [7, 11) is 0. The molecule has 1 amide bonds. The molecule has 0 aliphatic carbocycles. The van der Waals surface area contributed by atoms with Crippen LogP contribution in [0.15, 0.2) is 30.6 Å². The normalized spacial score (nSPS) is 13.2. The third-order valence-corrected chi connectivity index (χ3v) is 4.72. The van der Waals surface area contributed by atoms with Gasteiger partial charge in [0, 0.05) is 23.2 Å². The van der Waals surface area contributed by atoms with E-state index < -0.39 is 28.7 Å². The average molecular weight is 428 g/mol. The van der Waals surface area contributed by atoms with Crippen LogP contribution in [0.4, 0.5) is 23.4 Å². The molecule has 3 N–H and O–H groups in total. The Morgan fingerprint density at radius 2 is 2.10 bits per heavy atom. The molecular weight excluding hydrogens is 418 g/mol. The third-order valence-electron chi connectivity index (χ3n) is 4.37. The van der Waals surface area contributed by atoms with Gasteiger partial charge in [0.15, 0.2) is 17.7 Å². The summed E-state index contributed by atoms with van der Waals surface area (Å²) in [5.41, 5.74) is -0.359. The SMILES string of the molecule is O=CNc1cc2cc(-c3c(Cl)c(F)c(C(O)C(F)(F)F)c4[nH]ncc34)ccn2n1. The summed E-state index contributed by atoms with van der Waals surface area (Å²) in [5, 5.41) is 21.6. The van der Waals surface area contributed by atoms with Crippen LogP contribution in [-0.4, -0.2) is 37.5 Å². The van der Waals surface area contributed by atoms with Crippen molar-refractivity contribution >= 4 is 40.2 Å². The number of fused-ring (bicyclic) bond motifs is 2. The van der Waals surface area contributed by atoms with E-state index in [0.717, 1.165) is 0 Å². The van der Waals surface area contributed by atoms with Crippen LogP contribution >= 0.6 is 11.6 Å². The smallest absolute Gasteiger partial charge is 0.379 e. The van der Waals surface area contributed by atoms with Gasteiger partial charge in [0.1, 0.15) is 0 Å². The number of aromatic nitrogens is 4. The lowest BCUT2D eigenvalue weighted by molar-refractivity contribution is -0.207. The van der Waals surface area contributed by atoms with E-state index in [2.05, 4.69) is 20.6 Å². The Hall–Kier alpha value is -3.18. The molecule has 0 saturated heterocycles. The first-order valence-electron chi connectivity index (χ1n) is 8.01. The second-order valence-corrected chi connectivity index (χ2v) is 6.47. The zero-order chi connectivity index (χ0) is 20.9. The fraction of sp³-hybridized carbons (Fsp3) is 0.118. The largest absolute Gasteiger partial charge is 0.418 e. The standard InChI is InChI=1S/C17H10ClF4N5O2/c18-13-11(7-1-2-27-8(3-7)4-10(26-27)23-6-28)9-5-24-25-15(9)12(14(13)19)16(29)17(20,21)22/h1-6,16,29H,(H,24,25)(H,23,26,28). The molecule has 12 heteroatoms. The second kappa shape index (κ2) is 6.71. The number of hydrogen-bond donors (Lipinski definition) is 3. The summed E-state index contributed by atoms with van der Waals surface area (Å²) in [4.78, 5) is 10.6. The third kappa shape index (κ3) is 3.08. The molecule has 0 radical (unpaired) electrons. The molecule has 0 spiro atoms. The highest BCUT2D eigenvalue weighted by Gasteiger charge is 2.43. The van der Waals surface area contributed by atoms with Crippen LogP contribution in [-0.2, 0) is 4.79 Å². The number of hydrogen-bond acceptors (Lipinski definition) is 4. The van der Waals surface area contributed by atoms with Crippen molar-refractivity contribution < 1.29 is 27.5 Å². The van der Waals surface area contributed by atoms with Crippen LogP contribution in [0.2, 0.25) is 5.02 Å². The predicted octanol–water partition coefficient (Wildman–Crippen LogP) is 3.83. The maximum Gasteiger partial charge on any atom is 0.418 e. The molecule has 3 aromatic heterocycles. The lowest BCUT2D eigenvalue weighted by Gasteiger charge is -2.18. The Morgan fingerprint density at radius 3 is 2.79 bits per heavy atom. The highest BCUT2D eigenvalue weighted by molar-refractivity contribution is 6.35. The fourth-order valence-electron chi connectivity index (χ4n) is 3.12. The molecular formula is C17H10ClF4N5O2. The van der Waals surface area contributed by atoms with Crippen molar-refractivity contribution in [2.24, 2.45) is 0 Å². The van der Waals surface area contributed by atoms with Crippen molar-refractivity contribution in [3.8, 4) is 11.1 Å². The summed E-state index contributed by atoms with van der Waals surface area (Å²) in [6.45, 7) is 0. The Labute approximate surface area is 163 Å². The van der Waals surface area contributed by atoms with Gasteiger partial charge in [-0.3, -0.25) is 9.89 Å². The van der Waals surface area contributed by atoms with Gasteiger partial charge >= 0.3 is 6.18 Å². The minimum Gasteiger partial charge on any atom is -0.379 e. The van der Waals surface area contributed by atoms with Gasteiger partial charge in [-0.05, 0) is 17.7 Å². The number of carbonyl (C=O) groups excluding carboxylic acids is 1. The van der Waals surface area contributed by atoms with Gasteiger partial charge in [0.2, 0.25) is 6.41 Å². The van der Waals surface area contributed by atoms with Gasteiger partial charge < -0.3 is 10.4 Å². The molecule has 150 valence electrons. The maximum absolute atomic E-state index is 14.8. The zero-order valence-corrected chi connectivity index (χ0v) is 14.9. The van der Waals surface area contributed by atoms with E-state index in [4.69, 9.17) is 11.6 Å². The van der Waals surface area contributed by atoms with Crippen LogP contribution in [0, 0.1) is 5.82 Å². The molecule has 4 rings (SSSR count). The number of carbonyl (C=O) groups is 1. The summed E-state index contributed by atoms with van der Waals surface area (Å²) < 4.78 is 55.3. The highest BCUT2D eigenvalue weighted by atomic mass is 35.5. The number of aliphatic hydroxyl groups is 1. The van der Waals surface area contributed by atoms with E-state index in [1.807, 2.05) is 0 Å². The summed E-state index contributed by atoms with van der Waals surface area (Å²) >= 11 is 6.09. The maximum atomic E-state index is 14.8. The van der Waals surface area contributed by atoms with E-state index in [0.29, 0.717) is 17.5 Å². The van der Waals surface area contributed by atoms with Crippen molar-refractivity contribution in [2.45, 2.75) is 12.3 Å². The Kier molecular flexibility index (Phi) is 4.43. The molecule has 1 aromatic carbocycles. The van der Waals surface area contributed by atoms with Crippen LogP contribution in [0.1, 0.15) is 11.7 Å². The van der Waals surface area contributed by atoms with E-state index in [1.165, 1.54) is 29.0 Å². The first-order valence-corrected chi connectivity index (χ1v) is 8.39. The number of nitrogens with zero attached hydrogens (tertiary/aromatic N) is 3. The predicted molar refractivity (Wildman–Crippen MR) is 95.9 cm³/mol. The Balaban J connectivity index is 1.96. The number of pyridine rings is 1. The number of halogens is 5. The lowest BCUT2D eigenvalue weighted by Crippen LogP contribution is -2.22. The number of nitrogens with one attached hydrogen (secondary N) is 2. The number of benzene rings is 1. The van der Waals surface area contributed by atoms with Crippen LogP contribution < -0.4 is 5.32 Å². The number of alkyl halides is 3. The number of aliphatic hydroxyl groups excluding tert-OH is 1. The Bertz CT molecular complexity index is 1250. The number of rotatable bonds is 4. The molecule has 4 aromatic rings. The van der Waals surface area contributed by atoms with Gasteiger partial charge in [-0.15, -0.1) is 0 Å². The fourth-order valence-corrected chi connectivity index (χ4v) is 3.43. The summed E-state index contributed by atoms with van der Waals surface area (Å²) in [5.74, 6) is -1.13. The molecule has 0 fully saturated rings. The van der Waals surface area contributed by atoms with Crippen molar-refractivity contribution in [1.29, 1.82) is 0 Å². The van der Waals surface area contributed by atoms with Gasteiger partial charge in [-0.2, -0.15) is 23.4 Å². The topological polar surface area (TPSA) is 95.3 Å². The van der Waals surface area contributed by atoms with Crippen LogP contribution in [0.5, 0.6) is 0 Å². The van der Waals surface area contributed by atoms with Gasteiger partial charge in [-0.1, -0.05) is 11.6 Å². The highest BCUT2D eigenvalue weighted by Crippen LogP contribution is 2.44. The zero-order valence-electron chi connectivity index (χ0n) is 14.1. The van der Waals surface area contributed by atoms with Crippen molar-refractivity contribution in [2.75, 3.05) is 5.32 Å². The lowest BCUT2D eigenvalue weighted by atomic mass is 9.96. The molecule has 0 aliphatic rings. The number of H-pyrrole nitrogens is 1. The molecule has 3 heterocycles. The minimum absolute atomic E-state index is 0.0969. The number of anilines is 1. The summed E-state index contributed by atoms with van der Waals surface area (Å²) in [6.07, 6.45) is -5.01. The first-order chi connectivity index (χ1) is 13.7. The average Bonchev–Trinajstić information content (AvgIpc) is 3.28. The van der Waals surface area contributed by atoms with Crippen molar-refractivity contribution in [3.05, 3.63) is 47.0 Å². The van der Waals surface area contributed by atoms with E-state index in [1.54, 1.807) is 6.07 Å². The first kappa shape index (κ1) is 19.2. The molecule has 29 heavy (non-hydrogen) atoms. The van der Waals surface area contributed by atoms with Crippen molar-refractivity contribution in [3.63, 3.8) is 0 Å². The molecule has 7 nitrogen and oxygen atoms in total. The monoisotopic (exact) mass is 427 g/mol. The van der Waals surface area contributed by atoms with E-state index in [-0.39, 0.29) is 22.3 Å². The quantitative estimate of drug-likeness (QED) is 0.341. The van der Waals surface area contributed by atoms with Gasteiger partial charge in [-0.25, -0.2) is 8.91 Å². The van der Waals surface area contributed by atoms with E-state index in [9.17, 15) is 27.5 Å². The molecule has 0 aliphatic heterocycles. The molecule has 0 saturated carbocycles. The number of aromatic amines is 1. The van der Waals surface area contributed by atoms with Gasteiger partial charge in [0.05, 0.1) is 27.8 Å². The van der Waals surface area contributed by atoms with Crippen LogP contribution in [0.25, 0.3) is 27.5 Å². The summed E-state index contributed by atoms with van der Waals surface area (Å²) in [6, 6.07) is 4.63. The van der Waals surface area contributed by atoms with Crippen LogP contribution in [0.3, 0.4) is 0 Å². The molecule has 1 atom stereocenters. The Morgan fingerprint density at radius 1 is 1.34 bits per heavy atom. The molecule has 1 unspecified atom stereocenters.